The molecular weight excluding hydrogens is 204 g/mol. The molecule has 1 saturated carbocycles. The van der Waals surface area contributed by atoms with Gasteiger partial charge in [0.1, 0.15) is 5.78 Å². The molecule has 16 heavy (non-hydrogen) atoms. The molecule has 0 saturated heterocycles. The molecule has 1 aliphatic rings. The van der Waals surface area contributed by atoms with Crippen molar-refractivity contribution in [3.63, 3.8) is 0 Å². The maximum Gasteiger partial charge on any atom is 0.338 e. The van der Waals surface area contributed by atoms with E-state index in [-0.39, 0.29) is 5.97 Å². The smallest absolute Gasteiger partial charge is 0.338 e. The number of aryl methyl sites for hydroxylation is 1. The van der Waals surface area contributed by atoms with Crippen molar-refractivity contribution in [3.05, 3.63) is 34.9 Å². The Morgan fingerprint density at radius 2 is 2.06 bits per heavy atom. The van der Waals surface area contributed by atoms with Crippen LogP contribution in [0.15, 0.2) is 18.2 Å². The highest BCUT2D eigenvalue weighted by molar-refractivity contribution is 5.91. The maximum absolute atomic E-state index is 11.4. The van der Waals surface area contributed by atoms with Crippen molar-refractivity contribution in [2.24, 2.45) is 0 Å². The zero-order valence-electron chi connectivity index (χ0n) is 9.45. The molecule has 0 heterocycles. The molecule has 0 aromatic heterocycles. The van der Waals surface area contributed by atoms with E-state index in [1.54, 1.807) is 6.07 Å². The highest BCUT2D eigenvalue weighted by atomic mass is 16.5. The summed E-state index contributed by atoms with van der Waals surface area (Å²) in [7, 11) is 1.38. The van der Waals surface area contributed by atoms with Gasteiger partial charge in [-0.1, -0.05) is 12.1 Å². The number of hydrogen-bond donors (Lipinski definition) is 0. The summed E-state index contributed by atoms with van der Waals surface area (Å²) in [4.78, 5) is 22.3. The van der Waals surface area contributed by atoms with Gasteiger partial charge in [-0.3, -0.25) is 4.79 Å². The van der Waals surface area contributed by atoms with E-state index < -0.39 is 0 Å². The zero-order chi connectivity index (χ0) is 11.7. The average molecular weight is 218 g/mol. The second kappa shape index (κ2) is 4.08. The van der Waals surface area contributed by atoms with Gasteiger partial charge >= 0.3 is 5.97 Å². The minimum absolute atomic E-state index is 0.311. The van der Waals surface area contributed by atoms with Crippen LogP contribution in [0.3, 0.4) is 0 Å². The topological polar surface area (TPSA) is 43.4 Å². The number of methoxy groups -OCH3 is 1. The fourth-order valence-electron chi connectivity index (χ4n) is 2.01. The summed E-state index contributed by atoms with van der Waals surface area (Å²) in [6.45, 7) is 1.89. The van der Waals surface area contributed by atoms with Gasteiger partial charge in [0.2, 0.25) is 0 Å². The van der Waals surface area contributed by atoms with Crippen LogP contribution in [0.2, 0.25) is 0 Å². The fourth-order valence-corrected chi connectivity index (χ4v) is 2.01. The quantitative estimate of drug-likeness (QED) is 0.715. The number of hydrogen-bond acceptors (Lipinski definition) is 3. The first-order valence-electron chi connectivity index (χ1n) is 5.32. The molecule has 1 fully saturated rings. The molecule has 2 rings (SSSR count). The molecule has 0 amide bonds. The summed E-state index contributed by atoms with van der Waals surface area (Å²) in [6, 6.07) is 5.67. The van der Waals surface area contributed by atoms with Crippen LogP contribution in [-0.4, -0.2) is 18.9 Å². The lowest BCUT2D eigenvalue weighted by atomic mass is 9.78. The monoisotopic (exact) mass is 218 g/mol. The van der Waals surface area contributed by atoms with Crippen LogP contribution in [0, 0.1) is 6.92 Å². The van der Waals surface area contributed by atoms with Crippen molar-refractivity contribution in [3.8, 4) is 0 Å². The van der Waals surface area contributed by atoms with Gasteiger partial charge in [-0.05, 0) is 30.0 Å². The number of benzene rings is 1. The van der Waals surface area contributed by atoms with E-state index in [1.165, 1.54) is 7.11 Å². The minimum Gasteiger partial charge on any atom is -0.465 e. The fraction of sp³-hybridized carbons (Fsp3) is 0.385. The van der Waals surface area contributed by atoms with Crippen LogP contribution in [0.4, 0.5) is 0 Å². The Kier molecular flexibility index (Phi) is 2.77. The summed E-state index contributed by atoms with van der Waals surface area (Å²) >= 11 is 0. The van der Waals surface area contributed by atoms with Crippen LogP contribution in [-0.2, 0) is 9.53 Å². The average Bonchev–Trinajstić information content (AvgIpc) is 2.23. The van der Waals surface area contributed by atoms with Gasteiger partial charge in [0.25, 0.3) is 0 Å². The highest BCUT2D eigenvalue weighted by Crippen LogP contribution is 2.34. The highest BCUT2D eigenvalue weighted by Gasteiger charge is 2.28. The van der Waals surface area contributed by atoms with E-state index in [2.05, 4.69) is 4.74 Å². The number of ketones is 1. The van der Waals surface area contributed by atoms with E-state index in [9.17, 15) is 9.59 Å². The number of rotatable bonds is 2. The summed E-state index contributed by atoms with van der Waals surface area (Å²) < 4.78 is 4.68. The lowest BCUT2D eigenvalue weighted by Crippen LogP contribution is -2.21. The van der Waals surface area contributed by atoms with Gasteiger partial charge < -0.3 is 4.74 Å². The van der Waals surface area contributed by atoms with Crippen molar-refractivity contribution in [1.82, 2.24) is 0 Å². The van der Waals surface area contributed by atoms with Crippen molar-refractivity contribution < 1.29 is 14.3 Å². The van der Waals surface area contributed by atoms with Crippen LogP contribution in [0.1, 0.15) is 40.2 Å². The largest absolute Gasteiger partial charge is 0.465 e. The van der Waals surface area contributed by atoms with Gasteiger partial charge in [0.15, 0.2) is 0 Å². The Bertz CT molecular complexity index is 440. The molecule has 3 heteroatoms. The Labute approximate surface area is 94.4 Å². The van der Waals surface area contributed by atoms with Crippen molar-refractivity contribution in [2.75, 3.05) is 7.11 Å². The number of Topliss-reactive ketones (excluding diaryl/α,β-unsaturated/α-hetero) is 1. The van der Waals surface area contributed by atoms with Gasteiger partial charge in [0.05, 0.1) is 12.7 Å². The lowest BCUT2D eigenvalue weighted by Gasteiger charge is -2.25. The standard InChI is InChI=1S/C13H14O3/c1-8-5-9(10-6-11(14)7-10)3-4-12(8)13(15)16-2/h3-5,10H,6-7H2,1-2H3. The van der Waals surface area contributed by atoms with E-state index in [0.29, 0.717) is 30.1 Å². The van der Waals surface area contributed by atoms with Gasteiger partial charge in [-0.2, -0.15) is 0 Å². The van der Waals surface area contributed by atoms with Crippen LogP contribution in [0.5, 0.6) is 0 Å². The predicted octanol–water partition coefficient (Wildman–Crippen LogP) is 2.23. The molecule has 0 atom stereocenters. The molecular formula is C13H14O3. The Morgan fingerprint density at radius 1 is 1.38 bits per heavy atom. The van der Waals surface area contributed by atoms with Crippen molar-refractivity contribution in [2.45, 2.75) is 25.7 Å². The molecule has 0 bridgehead atoms. The molecule has 0 unspecified atom stereocenters. The first-order chi connectivity index (χ1) is 7.61. The number of esters is 1. The van der Waals surface area contributed by atoms with Gasteiger partial charge in [-0.15, -0.1) is 0 Å². The van der Waals surface area contributed by atoms with Crippen LogP contribution in [0.25, 0.3) is 0 Å². The second-order valence-corrected chi connectivity index (χ2v) is 4.21. The third-order valence-corrected chi connectivity index (χ3v) is 3.08. The van der Waals surface area contributed by atoms with Crippen molar-refractivity contribution in [1.29, 1.82) is 0 Å². The maximum atomic E-state index is 11.4. The first kappa shape index (κ1) is 10.9. The van der Waals surface area contributed by atoms with Crippen molar-refractivity contribution >= 4 is 11.8 Å². The molecule has 1 aromatic carbocycles. The SMILES string of the molecule is COC(=O)c1ccc(C2CC(=O)C2)cc1C. The molecule has 0 radical (unpaired) electrons. The van der Waals surface area contributed by atoms with E-state index in [4.69, 9.17) is 0 Å². The predicted molar refractivity (Wildman–Crippen MR) is 59.5 cm³/mol. The minimum atomic E-state index is -0.311. The molecule has 84 valence electrons. The number of ether oxygens (including phenoxy) is 1. The molecule has 0 spiro atoms. The van der Waals surface area contributed by atoms with E-state index in [0.717, 1.165) is 11.1 Å². The summed E-state index contributed by atoms with van der Waals surface area (Å²) in [6.07, 6.45) is 1.27. The summed E-state index contributed by atoms with van der Waals surface area (Å²) in [5.74, 6) is 0.353. The third kappa shape index (κ3) is 1.85. The normalized spacial score (nSPS) is 15.8. The number of carbonyl (C=O) groups excluding carboxylic acids is 2. The molecule has 1 aromatic rings. The zero-order valence-corrected chi connectivity index (χ0v) is 9.45. The molecule has 3 nitrogen and oxygen atoms in total. The van der Waals surface area contributed by atoms with E-state index >= 15 is 0 Å². The van der Waals surface area contributed by atoms with Crippen LogP contribution < -0.4 is 0 Å². The first-order valence-corrected chi connectivity index (χ1v) is 5.32. The molecule has 0 aliphatic heterocycles. The summed E-state index contributed by atoms with van der Waals surface area (Å²) in [5.41, 5.74) is 2.64. The second-order valence-electron chi connectivity index (χ2n) is 4.21. The lowest BCUT2D eigenvalue weighted by molar-refractivity contribution is -0.124. The third-order valence-electron chi connectivity index (χ3n) is 3.08. The van der Waals surface area contributed by atoms with Gasteiger partial charge in [0, 0.05) is 12.8 Å². The van der Waals surface area contributed by atoms with Gasteiger partial charge in [-0.25, -0.2) is 4.79 Å². The summed E-state index contributed by atoms with van der Waals surface area (Å²) in [5, 5.41) is 0. The number of carbonyl (C=O) groups is 2. The molecule has 1 aliphatic carbocycles. The van der Waals surface area contributed by atoms with Crippen LogP contribution >= 0.6 is 0 Å². The van der Waals surface area contributed by atoms with E-state index in [1.807, 2.05) is 19.1 Å². The Hall–Kier alpha value is -1.64. The Balaban J connectivity index is 2.22. The molecule has 0 N–H and O–H groups in total. The Morgan fingerprint density at radius 3 is 2.56 bits per heavy atom.